The average Bonchev–Trinajstić information content (AvgIpc) is 3.34. The van der Waals surface area contributed by atoms with Gasteiger partial charge in [0, 0.05) is 28.8 Å². The highest BCUT2D eigenvalue weighted by atomic mass is 32.2. The van der Waals surface area contributed by atoms with Gasteiger partial charge >= 0.3 is 0 Å². The Kier molecular flexibility index (Phi) is 6.21. The summed E-state index contributed by atoms with van der Waals surface area (Å²) in [5, 5.41) is 13.1. The molecule has 0 saturated carbocycles. The van der Waals surface area contributed by atoms with Crippen molar-refractivity contribution in [2.45, 2.75) is 41.9 Å². The number of amides is 1. The highest BCUT2D eigenvalue weighted by Gasteiger charge is 2.34. The summed E-state index contributed by atoms with van der Waals surface area (Å²) in [5.41, 5.74) is 1.70. The number of nitrogens with zero attached hydrogens (tertiary/aromatic N) is 2. The Balaban J connectivity index is 1.42. The van der Waals surface area contributed by atoms with Crippen molar-refractivity contribution in [2.75, 3.05) is 24.7 Å². The van der Waals surface area contributed by atoms with E-state index >= 15 is 0 Å². The van der Waals surface area contributed by atoms with E-state index in [4.69, 9.17) is 0 Å². The lowest BCUT2D eigenvalue weighted by Crippen LogP contribution is -2.41. The van der Waals surface area contributed by atoms with Crippen LogP contribution < -0.4 is 5.32 Å². The minimum absolute atomic E-state index is 0.118. The molecular formula is C21H23N3O3S3. The smallest absolute Gasteiger partial charge is 0.244 e. The number of hydrogen-bond donors (Lipinski definition) is 1. The number of carbonyl (C=O) groups excluding carboxylic acids is 1. The third-order valence-electron chi connectivity index (χ3n) is 5.78. The highest BCUT2D eigenvalue weighted by molar-refractivity contribution is 7.99. The third-order valence-corrected chi connectivity index (χ3v) is 9.87. The van der Waals surface area contributed by atoms with E-state index in [1.807, 2.05) is 18.4 Å². The Labute approximate surface area is 185 Å². The Morgan fingerprint density at radius 3 is 2.70 bits per heavy atom. The molecule has 1 aromatic carbocycles. The summed E-state index contributed by atoms with van der Waals surface area (Å²) in [7, 11) is -3.58. The van der Waals surface area contributed by atoms with Crippen LogP contribution in [-0.2, 0) is 27.7 Å². The molecule has 158 valence electrons. The molecule has 1 N–H and O–H groups in total. The standard InChI is InChI=1S/C21H23N3O3S3/c1-28-18-6-2-3-8-19(18)30(26,27)24-11-9-14(10-12-24)20(25)23-21-16(13-22)15-5-4-7-17(15)29-21/h2-3,6,8,14H,4-5,7,9-12H2,1H3,(H,23,25). The molecule has 1 amide bonds. The second-order valence-electron chi connectivity index (χ2n) is 7.49. The molecule has 30 heavy (non-hydrogen) atoms. The highest BCUT2D eigenvalue weighted by Crippen LogP contribution is 2.39. The number of piperidine rings is 1. The van der Waals surface area contributed by atoms with Crippen LogP contribution in [0.25, 0.3) is 0 Å². The van der Waals surface area contributed by atoms with Crippen molar-refractivity contribution in [3.8, 4) is 6.07 Å². The van der Waals surface area contributed by atoms with Gasteiger partial charge in [0.1, 0.15) is 11.1 Å². The summed E-state index contributed by atoms with van der Waals surface area (Å²) in [6.45, 7) is 0.629. The topological polar surface area (TPSA) is 90.3 Å². The first kappa shape index (κ1) is 21.4. The van der Waals surface area contributed by atoms with Crippen molar-refractivity contribution in [3.63, 3.8) is 0 Å². The number of thiophene rings is 1. The Morgan fingerprint density at radius 1 is 1.27 bits per heavy atom. The number of aryl methyl sites for hydroxylation is 1. The molecule has 1 fully saturated rings. The first-order chi connectivity index (χ1) is 14.5. The van der Waals surface area contributed by atoms with Crippen LogP contribution in [0.4, 0.5) is 5.00 Å². The van der Waals surface area contributed by atoms with E-state index in [0.717, 1.165) is 29.7 Å². The van der Waals surface area contributed by atoms with Crippen molar-refractivity contribution >= 4 is 44.0 Å². The van der Waals surface area contributed by atoms with Crippen molar-refractivity contribution in [3.05, 3.63) is 40.3 Å². The minimum Gasteiger partial charge on any atom is -0.316 e. The molecule has 1 aromatic heterocycles. The van der Waals surface area contributed by atoms with Gasteiger partial charge in [-0.05, 0) is 56.1 Å². The van der Waals surface area contributed by atoms with Crippen molar-refractivity contribution < 1.29 is 13.2 Å². The fourth-order valence-electron chi connectivity index (χ4n) is 4.15. The van der Waals surface area contributed by atoms with Crippen molar-refractivity contribution in [1.29, 1.82) is 5.26 Å². The van der Waals surface area contributed by atoms with Crippen LogP contribution in [0.3, 0.4) is 0 Å². The molecule has 2 heterocycles. The van der Waals surface area contributed by atoms with Crippen LogP contribution in [-0.4, -0.2) is 38.0 Å². The summed E-state index contributed by atoms with van der Waals surface area (Å²) in [6.07, 6.45) is 5.74. The van der Waals surface area contributed by atoms with Gasteiger partial charge in [-0.25, -0.2) is 8.42 Å². The minimum atomic E-state index is -3.58. The summed E-state index contributed by atoms with van der Waals surface area (Å²) >= 11 is 2.92. The molecule has 1 aliphatic carbocycles. The van der Waals surface area contributed by atoms with Crippen LogP contribution >= 0.6 is 23.1 Å². The summed E-state index contributed by atoms with van der Waals surface area (Å²) in [4.78, 5) is 15.1. The molecule has 1 saturated heterocycles. The monoisotopic (exact) mass is 461 g/mol. The first-order valence-corrected chi connectivity index (χ1v) is 13.4. The fourth-order valence-corrected chi connectivity index (χ4v) is 7.99. The molecule has 0 bridgehead atoms. The number of carbonyl (C=O) groups is 1. The predicted molar refractivity (Wildman–Crippen MR) is 119 cm³/mol. The number of anilines is 1. The number of benzene rings is 1. The number of hydrogen-bond acceptors (Lipinski definition) is 6. The maximum Gasteiger partial charge on any atom is 0.244 e. The van der Waals surface area contributed by atoms with Gasteiger partial charge < -0.3 is 5.32 Å². The molecular weight excluding hydrogens is 438 g/mol. The Morgan fingerprint density at radius 2 is 2.00 bits per heavy atom. The maximum atomic E-state index is 13.1. The van der Waals surface area contributed by atoms with Crippen LogP contribution in [0, 0.1) is 17.2 Å². The summed E-state index contributed by atoms with van der Waals surface area (Å²) in [6, 6.07) is 9.26. The number of fused-ring (bicyclic) bond motifs is 1. The SMILES string of the molecule is CSc1ccccc1S(=O)(=O)N1CCC(C(=O)Nc2sc3c(c2C#N)CCC3)CC1. The van der Waals surface area contributed by atoms with Gasteiger partial charge in [0.25, 0.3) is 0 Å². The van der Waals surface area contributed by atoms with Gasteiger partial charge in [-0.1, -0.05) is 12.1 Å². The fraction of sp³-hybridized carbons (Fsp3) is 0.429. The van der Waals surface area contributed by atoms with Gasteiger partial charge in [-0.3, -0.25) is 4.79 Å². The zero-order chi connectivity index (χ0) is 21.3. The van der Waals surface area contributed by atoms with Gasteiger partial charge in [0.15, 0.2) is 0 Å². The number of thioether (sulfide) groups is 1. The number of rotatable bonds is 5. The molecule has 0 unspecified atom stereocenters. The zero-order valence-electron chi connectivity index (χ0n) is 16.7. The number of nitrogens with one attached hydrogen (secondary N) is 1. The van der Waals surface area contributed by atoms with Crippen molar-refractivity contribution in [2.24, 2.45) is 5.92 Å². The van der Waals surface area contributed by atoms with E-state index in [1.165, 1.54) is 32.3 Å². The molecule has 1 aliphatic heterocycles. The summed E-state index contributed by atoms with van der Waals surface area (Å²) < 4.78 is 27.6. The normalized spacial score (nSPS) is 17.5. The molecule has 2 aliphatic rings. The van der Waals surface area contributed by atoms with Crippen LogP contribution in [0.2, 0.25) is 0 Å². The van der Waals surface area contributed by atoms with Gasteiger partial charge in [-0.2, -0.15) is 9.57 Å². The zero-order valence-corrected chi connectivity index (χ0v) is 19.1. The molecule has 9 heteroatoms. The van der Waals surface area contributed by atoms with Crippen LogP contribution in [0.1, 0.15) is 35.3 Å². The van der Waals surface area contributed by atoms with Crippen molar-refractivity contribution in [1.82, 2.24) is 4.31 Å². The van der Waals surface area contributed by atoms with E-state index in [-0.39, 0.29) is 11.8 Å². The average molecular weight is 462 g/mol. The van der Waals surface area contributed by atoms with E-state index in [9.17, 15) is 18.5 Å². The lowest BCUT2D eigenvalue weighted by Gasteiger charge is -2.30. The molecule has 6 nitrogen and oxygen atoms in total. The third kappa shape index (κ3) is 3.89. The Bertz CT molecular complexity index is 1110. The molecule has 0 spiro atoms. The van der Waals surface area contributed by atoms with Gasteiger partial charge in [-0.15, -0.1) is 23.1 Å². The molecule has 4 rings (SSSR count). The molecule has 0 atom stereocenters. The largest absolute Gasteiger partial charge is 0.316 e. The quantitative estimate of drug-likeness (QED) is 0.683. The maximum absolute atomic E-state index is 13.1. The van der Waals surface area contributed by atoms with Gasteiger partial charge in [0.05, 0.1) is 10.5 Å². The number of sulfonamides is 1. The summed E-state index contributed by atoms with van der Waals surface area (Å²) in [5.74, 6) is -0.372. The van der Waals surface area contributed by atoms with Crippen LogP contribution in [0.5, 0.6) is 0 Å². The van der Waals surface area contributed by atoms with E-state index in [0.29, 0.717) is 41.4 Å². The van der Waals surface area contributed by atoms with E-state index in [2.05, 4.69) is 11.4 Å². The van der Waals surface area contributed by atoms with E-state index < -0.39 is 10.0 Å². The number of nitriles is 1. The first-order valence-electron chi connectivity index (χ1n) is 9.94. The Hall–Kier alpha value is -1.86. The second-order valence-corrected chi connectivity index (χ2v) is 11.4. The lowest BCUT2D eigenvalue weighted by atomic mass is 9.97. The van der Waals surface area contributed by atoms with E-state index in [1.54, 1.807) is 12.1 Å². The second kappa shape index (κ2) is 8.71. The molecule has 0 radical (unpaired) electrons. The predicted octanol–water partition coefficient (Wildman–Crippen LogP) is 3.87. The van der Waals surface area contributed by atoms with Crippen LogP contribution in [0.15, 0.2) is 34.1 Å². The molecule has 2 aromatic rings. The van der Waals surface area contributed by atoms with Gasteiger partial charge in [0.2, 0.25) is 15.9 Å². The lowest BCUT2D eigenvalue weighted by molar-refractivity contribution is -0.120.